The molecule has 0 aliphatic carbocycles. The Morgan fingerprint density at radius 1 is 0.757 bits per heavy atom. The Bertz CT molecular complexity index is 802. The molecule has 0 saturated heterocycles. The number of nitrogens with zero attached hydrogens (tertiary/aromatic N) is 1. The maximum Gasteiger partial charge on any atom is 0.320 e. The monoisotopic (exact) mass is 523 g/mol. The van der Waals surface area contributed by atoms with Crippen LogP contribution in [0, 0.1) is 0 Å². The summed E-state index contributed by atoms with van der Waals surface area (Å²) < 4.78 is 20.5. The zero-order chi connectivity index (χ0) is 28.7. The Morgan fingerprint density at radius 3 is 1.62 bits per heavy atom. The fraction of sp³-hybridized carbons (Fsp3) is 0.643. The average molecular weight is 524 g/mol. The molecule has 9 heteroatoms. The van der Waals surface area contributed by atoms with E-state index in [-0.39, 0.29) is 37.7 Å². The highest BCUT2D eigenvalue weighted by molar-refractivity contribution is 5.75. The summed E-state index contributed by atoms with van der Waals surface area (Å²) in [7, 11) is 0. The van der Waals surface area contributed by atoms with Crippen LogP contribution in [-0.4, -0.2) is 65.7 Å². The topological polar surface area (TPSA) is 108 Å². The minimum absolute atomic E-state index is 0.0599. The van der Waals surface area contributed by atoms with E-state index >= 15 is 0 Å². The van der Waals surface area contributed by atoms with Crippen molar-refractivity contribution in [2.45, 2.75) is 98.6 Å². The second-order valence-corrected chi connectivity index (χ2v) is 11.5. The lowest BCUT2D eigenvalue weighted by molar-refractivity contribution is -0.160. The SMILES string of the molecule is CC(C)(C)OC(=O)CN(CCCC(=O)OCc1ccccc1)CC(=O)OC(C)(C)C.CC(C)(C)OC=O. The molecule has 0 unspecified atom stereocenters. The van der Waals surface area contributed by atoms with Crippen molar-refractivity contribution in [2.75, 3.05) is 19.6 Å². The first-order chi connectivity index (χ1) is 16.9. The Labute approximate surface area is 221 Å². The first-order valence-electron chi connectivity index (χ1n) is 12.4. The second kappa shape index (κ2) is 16.0. The summed E-state index contributed by atoms with van der Waals surface area (Å²) in [6, 6.07) is 9.44. The number of benzene rings is 1. The van der Waals surface area contributed by atoms with Crippen molar-refractivity contribution in [3.05, 3.63) is 35.9 Å². The van der Waals surface area contributed by atoms with Gasteiger partial charge in [-0.05, 0) is 80.8 Å². The van der Waals surface area contributed by atoms with E-state index in [9.17, 15) is 19.2 Å². The smallest absolute Gasteiger partial charge is 0.320 e. The summed E-state index contributed by atoms with van der Waals surface area (Å²) >= 11 is 0. The van der Waals surface area contributed by atoms with Gasteiger partial charge in [-0.3, -0.25) is 24.1 Å². The third-order valence-electron chi connectivity index (χ3n) is 4.05. The number of ether oxygens (including phenoxy) is 4. The van der Waals surface area contributed by atoms with Gasteiger partial charge in [-0.15, -0.1) is 0 Å². The van der Waals surface area contributed by atoms with Crippen LogP contribution < -0.4 is 0 Å². The molecule has 0 aromatic heterocycles. The van der Waals surface area contributed by atoms with Crippen LogP contribution in [0.2, 0.25) is 0 Å². The largest absolute Gasteiger partial charge is 0.462 e. The maximum absolute atomic E-state index is 12.2. The van der Waals surface area contributed by atoms with Gasteiger partial charge in [-0.25, -0.2) is 0 Å². The summed E-state index contributed by atoms with van der Waals surface area (Å²) in [4.78, 5) is 47.6. The predicted molar refractivity (Wildman–Crippen MR) is 141 cm³/mol. The molecule has 0 N–H and O–H groups in total. The molecule has 0 fully saturated rings. The molecule has 210 valence electrons. The van der Waals surface area contributed by atoms with Crippen molar-refractivity contribution in [3.8, 4) is 0 Å². The van der Waals surface area contributed by atoms with E-state index in [0.29, 0.717) is 19.4 Å². The molecule has 0 spiro atoms. The Morgan fingerprint density at radius 2 is 1.24 bits per heavy atom. The zero-order valence-electron chi connectivity index (χ0n) is 23.9. The third kappa shape index (κ3) is 22.0. The Kier molecular flexibility index (Phi) is 14.7. The van der Waals surface area contributed by atoms with Crippen LogP contribution in [0.15, 0.2) is 30.3 Å². The first-order valence-corrected chi connectivity index (χ1v) is 12.4. The minimum atomic E-state index is -0.615. The molecule has 1 aromatic carbocycles. The summed E-state index contributed by atoms with van der Waals surface area (Å²) in [5, 5.41) is 0. The highest BCUT2D eigenvalue weighted by atomic mass is 16.6. The lowest BCUT2D eigenvalue weighted by atomic mass is 10.2. The van der Waals surface area contributed by atoms with Crippen molar-refractivity contribution in [1.29, 1.82) is 0 Å². The van der Waals surface area contributed by atoms with Crippen LogP contribution in [0.4, 0.5) is 0 Å². The van der Waals surface area contributed by atoms with Crippen LogP contribution >= 0.6 is 0 Å². The van der Waals surface area contributed by atoms with E-state index in [1.807, 2.05) is 51.1 Å². The number of carbonyl (C=O) groups excluding carboxylic acids is 4. The third-order valence-corrected chi connectivity index (χ3v) is 4.05. The van der Waals surface area contributed by atoms with Crippen molar-refractivity contribution in [3.63, 3.8) is 0 Å². The van der Waals surface area contributed by atoms with Gasteiger partial charge in [0, 0.05) is 6.42 Å². The molecule has 0 atom stereocenters. The molecule has 9 nitrogen and oxygen atoms in total. The zero-order valence-corrected chi connectivity index (χ0v) is 23.9. The van der Waals surface area contributed by atoms with Gasteiger partial charge in [0.2, 0.25) is 0 Å². The molecule has 0 radical (unpaired) electrons. The molecule has 0 amide bonds. The summed E-state index contributed by atoms with van der Waals surface area (Å²) in [6.45, 7) is 17.1. The fourth-order valence-corrected chi connectivity index (χ4v) is 2.73. The van der Waals surface area contributed by atoms with Crippen LogP contribution in [0.5, 0.6) is 0 Å². The van der Waals surface area contributed by atoms with E-state index in [1.54, 1.807) is 46.4 Å². The average Bonchev–Trinajstić information content (AvgIpc) is 2.69. The molecule has 0 saturated carbocycles. The summed E-state index contributed by atoms with van der Waals surface area (Å²) in [5.41, 5.74) is -0.629. The fourth-order valence-electron chi connectivity index (χ4n) is 2.73. The van der Waals surface area contributed by atoms with Gasteiger partial charge in [0.05, 0.1) is 13.1 Å². The van der Waals surface area contributed by atoms with Gasteiger partial charge in [-0.2, -0.15) is 0 Å². The minimum Gasteiger partial charge on any atom is -0.462 e. The van der Waals surface area contributed by atoms with Crippen LogP contribution in [0.1, 0.15) is 80.7 Å². The molecular formula is C28H45NO8. The van der Waals surface area contributed by atoms with E-state index < -0.39 is 23.1 Å². The molecular weight excluding hydrogens is 478 g/mol. The lowest BCUT2D eigenvalue weighted by Gasteiger charge is -2.26. The molecule has 1 rings (SSSR count). The van der Waals surface area contributed by atoms with Crippen molar-refractivity contribution in [2.24, 2.45) is 0 Å². The van der Waals surface area contributed by atoms with Crippen LogP contribution in [-0.2, 0) is 44.7 Å². The van der Waals surface area contributed by atoms with Crippen molar-refractivity contribution < 1.29 is 38.1 Å². The quantitative estimate of drug-likeness (QED) is 0.236. The van der Waals surface area contributed by atoms with E-state index in [0.717, 1.165) is 5.56 Å². The van der Waals surface area contributed by atoms with E-state index in [2.05, 4.69) is 4.74 Å². The maximum atomic E-state index is 12.2. The van der Waals surface area contributed by atoms with Gasteiger partial charge in [0.15, 0.2) is 0 Å². The van der Waals surface area contributed by atoms with Gasteiger partial charge >= 0.3 is 17.9 Å². The molecule has 1 aromatic rings. The highest BCUT2D eigenvalue weighted by Crippen LogP contribution is 2.11. The Balaban J connectivity index is 0.00000161. The van der Waals surface area contributed by atoms with E-state index in [1.165, 1.54) is 0 Å². The number of esters is 3. The van der Waals surface area contributed by atoms with Crippen molar-refractivity contribution in [1.82, 2.24) is 4.90 Å². The van der Waals surface area contributed by atoms with Gasteiger partial charge in [-0.1, -0.05) is 30.3 Å². The summed E-state index contributed by atoms with van der Waals surface area (Å²) in [6.07, 6.45) is 0.630. The lowest BCUT2D eigenvalue weighted by Crippen LogP contribution is -2.40. The second-order valence-electron chi connectivity index (χ2n) is 11.5. The number of rotatable bonds is 11. The number of hydrogen-bond acceptors (Lipinski definition) is 9. The molecule has 0 aliphatic rings. The van der Waals surface area contributed by atoms with Crippen LogP contribution in [0.25, 0.3) is 0 Å². The molecule has 0 aliphatic heterocycles. The van der Waals surface area contributed by atoms with Crippen molar-refractivity contribution >= 4 is 24.4 Å². The number of carbonyl (C=O) groups is 4. The van der Waals surface area contributed by atoms with Crippen LogP contribution in [0.3, 0.4) is 0 Å². The van der Waals surface area contributed by atoms with Gasteiger partial charge in [0.25, 0.3) is 6.47 Å². The predicted octanol–water partition coefficient (Wildman–Crippen LogP) is 4.45. The molecule has 0 heterocycles. The number of hydrogen-bond donors (Lipinski definition) is 0. The highest BCUT2D eigenvalue weighted by Gasteiger charge is 2.23. The molecule has 37 heavy (non-hydrogen) atoms. The standard InChI is InChI=1S/C23H35NO6.C5H10O2/c1-22(2,3)29-20(26)15-24(16-21(27)30-23(4,5)6)14-10-13-19(25)28-17-18-11-8-7-9-12-18;1-5(2,3)7-4-6/h7-9,11-12H,10,13-17H2,1-6H3;4H,1-3H3. The first kappa shape index (κ1) is 34.1. The van der Waals surface area contributed by atoms with E-state index in [4.69, 9.17) is 14.2 Å². The normalized spacial score (nSPS) is 11.6. The Hall–Kier alpha value is -2.94. The molecule has 0 bridgehead atoms. The van der Waals surface area contributed by atoms with Gasteiger partial charge in [0.1, 0.15) is 23.4 Å². The van der Waals surface area contributed by atoms with Gasteiger partial charge < -0.3 is 18.9 Å². The summed E-state index contributed by atoms with van der Waals surface area (Å²) in [5.74, 6) is -1.19.